The third-order valence-corrected chi connectivity index (χ3v) is 2.79. The van der Waals surface area contributed by atoms with Crippen molar-refractivity contribution in [2.45, 2.75) is 26.3 Å². The maximum Gasteiger partial charge on any atom is 0.354 e. The minimum Gasteiger partial charge on any atom is -0.477 e. The van der Waals surface area contributed by atoms with E-state index in [1.54, 1.807) is 0 Å². The number of aromatic carboxylic acids is 1. The van der Waals surface area contributed by atoms with Gasteiger partial charge in [0.1, 0.15) is 5.69 Å². The maximum atomic E-state index is 10.8. The highest BCUT2D eigenvalue weighted by atomic mass is 16.4. The molecule has 17 heavy (non-hydrogen) atoms. The molecule has 0 saturated carbocycles. The topological polar surface area (TPSA) is 98.2 Å². The van der Waals surface area contributed by atoms with Gasteiger partial charge in [0.2, 0.25) is 0 Å². The van der Waals surface area contributed by atoms with Crippen molar-refractivity contribution in [3.8, 4) is 0 Å². The molecule has 4 N–H and O–H groups in total. The van der Waals surface area contributed by atoms with E-state index < -0.39 is 5.97 Å². The van der Waals surface area contributed by atoms with Crippen LogP contribution >= 0.6 is 0 Å². The van der Waals surface area contributed by atoms with E-state index in [0.717, 1.165) is 19.4 Å². The minimum atomic E-state index is -0.998. The lowest BCUT2D eigenvalue weighted by Crippen LogP contribution is -2.23. The quantitative estimate of drug-likeness (QED) is 0.534. The molecule has 0 spiro atoms. The molecule has 1 unspecified atom stereocenters. The summed E-state index contributed by atoms with van der Waals surface area (Å²) in [6.07, 6.45) is 3.27. The molecular formula is C11H19N3O3. The number of H-pyrrole nitrogens is 1. The van der Waals surface area contributed by atoms with Crippen molar-refractivity contribution in [3.05, 3.63) is 17.5 Å². The Hall–Kier alpha value is -1.40. The van der Waals surface area contributed by atoms with E-state index in [-0.39, 0.29) is 12.3 Å². The fraction of sp³-hybridized carbons (Fsp3) is 0.636. The smallest absolute Gasteiger partial charge is 0.354 e. The lowest BCUT2D eigenvalue weighted by Gasteiger charge is -2.13. The van der Waals surface area contributed by atoms with Crippen molar-refractivity contribution in [2.24, 2.45) is 5.92 Å². The third-order valence-electron chi connectivity index (χ3n) is 2.79. The largest absolute Gasteiger partial charge is 0.477 e. The predicted molar refractivity (Wildman–Crippen MR) is 62.7 cm³/mol. The van der Waals surface area contributed by atoms with Crippen LogP contribution in [0, 0.1) is 5.92 Å². The van der Waals surface area contributed by atoms with Crippen LogP contribution in [0.3, 0.4) is 0 Å². The number of carboxylic acid groups (broad SMARTS) is 1. The van der Waals surface area contributed by atoms with Crippen molar-refractivity contribution < 1.29 is 15.0 Å². The average Bonchev–Trinajstić information content (AvgIpc) is 2.76. The van der Waals surface area contributed by atoms with Crippen molar-refractivity contribution >= 4 is 5.97 Å². The standard InChI is InChI=1S/C11H19N3O3/c1-2-8(3-4-15)5-12-6-9-7-13-14-10(9)11(16)17/h7-8,12,15H,2-6H2,1H3,(H,13,14)(H,16,17). The fourth-order valence-corrected chi connectivity index (χ4v) is 1.67. The van der Waals surface area contributed by atoms with E-state index in [0.29, 0.717) is 18.0 Å². The van der Waals surface area contributed by atoms with Gasteiger partial charge in [0.15, 0.2) is 0 Å². The molecule has 0 radical (unpaired) electrons. The number of aliphatic hydroxyl groups excluding tert-OH is 1. The molecule has 1 heterocycles. The van der Waals surface area contributed by atoms with Gasteiger partial charge in [-0.05, 0) is 18.9 Å². The third kappa shape index (κ3) is 4.16. The first kappa shape index (κ1) is 13.7. The molecule has 0 saturated heterocycles. The van der Waals surface area contributed by atoms with Gasteiger partial charge in [-0.25, -0.2) is 4.79 Å². The van der Waals surface area contributed by atoms with Crippen LogP contribution in [-0.4, -0.2) is 39.5 Å². The number of nitrogens with one attached hydrogen (secondary N) is 2. The van der Waals surface area contributed by atoms with Crippen molar-refractivity contribution in [2.75, 3.05) is 13.2 Å². The molecule has 0 bridgehead atoms. The summed E-state index contributed by atoms with van der Waals surface area (Å²) in [6.45, 7) is 3.50. The van der Waals surface area contributed by atoms with Crippen molar-refractivity contribution in [1.82, 2.24) is 15.5 Å². The number of aromatic amines is 1. The summed E-state index contributed by atoms with van der Waals surface area (Å²) in [4.78, 5) is 10.8. The van der Waals surface area contributed by atoms with Crippen LogP contribution in [0.5, 0.6) is 0 Å². The van der Waals surface area contributed by atoms with Crippen LogP contribution in [0.1, 0.15) is 35.8 Å². The summed E-state index contributed by atoms with van der Waals surface area (Å²) in [7, 11) is 0. The number of carboxylic acids is 1. The number of hydrogen-bond acceptors (Lipinski definition) is 4. The second kappa shape index (κ2) is 7.03. The molecule has 0 aliphatic heterocycles. The zero-order chi connectivity index (χ0) is 12.7. The van der Waals surface area contributed by atoms with Crippen molar-refractivity contribution in [3.63, 3.8) is 0 Å². The lowest BCUT2D eigenvalue weighted by molar-refractivity contribution is 0.0689. The molecule has 1 atom stereocenters. The lowest BCUT2D eigenvalue weighted by atomic mass is 10.0. The van der Waals surface area contributed by atoms with Gasteiger partial charge in [0.25, 0.3) is 0 Å². The van der Waals surface area contributed by atoms with Gasteiger partial charge in [-0.15, -0.1) is 0 Å². The molecule has 0 aliphatic carbocycles. The Morgan fingerprint density at radius 3 is 3.00 bits per heavy atom. The van der Waals surface area contributed by atoms with Crippen LogP contribution < -0.4 is 5.32 Å². The minimum absolute atomic E-state index is 0.132. The molecule has 0 amide bonds. The molecule has 6 heteroatoms. The van der Waals surface area contributed by atoms with Crippen LogP contribution in [0.2, 0.25) is 0 Å². The van der Waals surface area contributed by atoms with E-state index in [1.165, 1.54) is 6.20 Å². The van der Waals surface area contributed by atoms with Crippen LogP contribution in [0.4, 0.5) is 0 Å². The van der Waals surface area contributed by atoms with Crippen molar-refractivity contribution in [1.29, 1.82) is 0 Å². The molecule has 6 nitrogen and oxygen atoms in total. The van der Waals surface area contributed by atoms with E-state index >= 15 is 0 Å². The van der Waals surface area contributed by atoms with Gasteiger partial charge < -0.3 is 15.5 Å². The van der Waals surface area contributed by atoms with Gasteiger partial charge in [-0.3, -0.25) is 5.10 Å². The molecule has 1 rings (SSSR count). The first-order chi connectivity index (χ1) is 8.19. The highest BCUT2D eigenvalue weighted by Crippen LogP contribution is 2.07. The zero-order valence-corrected chi connectivity index (χ0v) is 9.94. The maximum absolute atomic E-state index is 10.8. The first-order valence-electron chi connectivity index (χ1n) is 5.76. The SMILES string of the molecule is CCC(CCO)CNCc1cn[nH]c1C(=O)O. The van der Waals surface area contributed by atoms with Crippen LogP contribution in [0.25, 0.3) is 0 Å². The first-order valence-corrected chi connectivity index (χ1v) is 5.76. The highest BCUT2D eigenvalue weighted by molar-refractivity contribution is 5.86. The Balaban J connectivity index is 2.39. The second-order valence-corrected chi connectivity index (χ2v) is 3.99. The van der Waals surface area contributed by atoms with Gasteiger partial charge in [-0.1, -0.05) is 13.3 Å². The Kier molecular flexibility index (Phi) is 5.65. The zero-order valence-electron chi connectivity index (χ0n) is 9.94. The molecule has 0 aromatic carbocycles. The summed E-state index contributed by atoms with van der Waals surface area (Å²) in [5, 5.41) is 27.1. The van der Waals surface area contributed by atoms with Gasteiger partial charge in [0.05, 0.1) is 6.20 Å². The summed E-state index contributed by atoms with van der Waals surface area (Å²) in [5.74, 6) is -0.582. The molecule has 96 valence electrons. The van der Waals surface area contributed by atoms with Gasteiger partial charge in [0, 0.05) is 18.7 Å². The van der Waals surface area contributed by atoms with E-state index in [9.17, 15) is 4.79 Å². The van der Waals surface area contributed by atoms with Gasteiger partial charge >= 0.3 is 5.97 Å². The Morgan fingerprint density at radius 2 is 2.41 bits per heavy atom. The summed E-state index contributed by atoms with van der Waals surface area (Å²) >= 11 is 0. The number of aromatic nitrogens is 2. The molecule has 1 aromatic rings. The Morgan fingerprint density at radius 1 is 1.65 bits per heavy atom. The molecule has 0 fully saturated rings. The highest BCUT2D eigenvalue weighted by Gasteiger charge is 2.12. The molecular weight excluding hydrogens is 222 g/mol. The second-order valence-electron chi connectivity index (χ2n) is 3.99. The number of hydrogen-bond donors (Lipinski definition) is 4. The Labute approximate surface area is 100 Å². The van der Waals surface area contributed by atoms with E-state index in [1.807, 2.05) is 0 Å². The number of rotatable bonds is 8. The van der Waals surface area contributed by atoms with E-state index in [4.69, 9.17) is 10.2 Å². The van der Waals surface area contributed by atoms with Crippen LogP contribution in [0.15, 0.2) is 6.20 Å². The normalized spacial score (nSPS) is 12.6. The fourth-order valence-electron chi connectivity index (χ4n) is 1.67. The molecule has 1 aromatic heterocycles. The van der Waals surface area contributed by atoms with E-state index in [2.05, 4.69) is 22.4 Å². The summed E-state index contributed by atoms with van der Waals surface area (Å²) < 4.78 is 0. The number of aliphatic hydroxyl groups is 1. The molecule has 0 aliphatic rings. The monoisotopic (exact) mass is 241 g/mol. The van der Waals surface area contributed by atoms with Crippen LogP contribution in [-0.2, 0) is 6.54 Å². The average molecular weight is 241 g/mol. The Bertz CT molecular complexity index is 351. The van der Waals surface area contributed by atoms with Gasteiger partial charge in [-0.2, -0.15) is 5.10 Å². The number of carbonyl (C=O) groups is 1. The number of nitrogens with zero attached hydrogens (tertiary/aromatic N) is 1. The summed E-state index contributed by atoms with van der Waals surface area (Å²) in [6, 6.07) is 0. The predicted octanol–water partition coefficient (Wildman–Crippen LogP) is 0.606. The summed E-state index contributed by atoms with van der Waals surface area (Å²) in [5.41, 5.74) is 0.782.